The van der Waals surface area contributed by atoms with E-state index in [4.69, 9.17) is 0 Å². The van der Waals surface area contributed by atoms with Crippen molar-refractivity contribution in [2.75, 3.05) is 13.1 Å². The summed E-state index contributed by atoms with van der Waals surface area (Å²) in [7, 11) is 0. The standard InChI is InChI=1S/C19H21N3O2/c1-13-10-21(19(24)20-13)11-14(23)12-22-17-8-4-2-6-15(17)16-7-3-5-9-18(16)22/h2-9,13-14,23H,10-12H2,1H3,(H,20,24)/t13-,14?/m0/s1. The average molecular weight is 323 g/mol. The van der Waals surface area contributed by atoms with E-state index in [1.165, 1.54) is 10.8 Å². The zero-order valence-corrected chi connectivity index (χ0v) is 13.6. The van der Waals surface area contributed by atoms with E-state index < -0.39 is 6.10 Å². The number of carbonyl (C=O) groups is 1. The number of hydrogen-bond acceptors (Lipinski definition) is 2. The second kappa shape index (κ2) is 5.83. The van der Waals surface area contributed by atoms with Gasteiger partial charge in [-0.3, -0.25) is 0 Å². The van der Waals surface area contributed by atoms with Gasteiger partial charge in [0.1, 0.15) is 0 Å². The first kappa shape index (κ1) is 15.0. The number of β-amino-alcohol motifs (C(OH)–C–C–N with tert-alkyl or cyclic N) is 1. The lowest BCUT2D eigenvalue weighted by atomic mass is 10.2. The predicted octanol–water partition coefficient (Wildman–Crippen LogP) is 2.57. The molecule has 0 radical (unpaired) electrons. The first-order valence-corrected chi connectivity index (χ1v) is 8.33. The topological polar surface area (TPSA) is 57.5 Å². The van der Waals surface area contributed by atoms with Crippen molar-refractivity contribution in [1.82, 2.24) is 14.8 Å². The number of amides is 2. The number of carbonyl (C=O) groups excluding carboxylic acids is 1. The fourth-order valence-corrected chi connectivity index (χ4v) is 3.64. The Kier molecular flexibility index (Phi) is 3.65. The largest absolute Gasteiger partial charge is 0.389 e. The van der Waals surface area contributed by atoms with Crippen molar-refractivity contribution in [3.63, 3.8) is 0 Å². The lowest BCUT2D eigenvalue weighted by Gasteiger charge is -2.20. The van der Waals surface area contributed by atoms with Gasteiger partial charge in [0, 0.05) is 34.4 Å². The molecule has 1 aliphatic rings. The molecule has 5 nitrogen and oxygen atoms in total. The number of aromatic nitrogens is 1. The van der Waals surface area contributed by atoms with E-state index in [-0.39, 0.29) is 12.1 Å². The Bertz CT molecular complexity index is 849. The molecule has 2 amide bonds. The summed E-state index contributed by atoms with van der Waals surface area (Å²) in [5.74, 6) is 0. The van der Waals surface area contributed by atoms with E-state index in [1.807, 2.05) is 31.2 Å². The minimum atomic E-state index is -0.611. The Morgan fingerprint density at radius 2 is 1.67 bits per heavy atom. The van der Waals surface area contributed by atoms with Crippen LogP contribution in [0, 0.1) is 0 Å². The third kappa shape index (κ3) is 2.51. The normalized spacial score (nSPS) is 19.2. The summed E-state index contributed by atoms with van der Waals surface area (Å²) < 4.78 is 2.15. The fraction of sp³-hybridized carbons (Fsp3) is 0.316. The van der Waals surface area contributed by atoms with Crippen LogP contribution in [0.25, 0.3) is 21.8 Å². The third-order valence-corrected chi connectivity index (χ3v) is 4.66. The zero-order valence-electron chi connectivity index (χ0n) is 13.6. The molecule has 1 unspecified atom stereocenters. The first-order valence-electron chi connectivity index (χ1n) is 8.33. The third-order valence-electron chi connectivity index (χ3n) is 4.66. The molecule has 1 aromatic heterocycles. The van der Waals surface area contributed by atoms with Crippen molar-refractivity contribution >= 4 is 27.8 Å². The summed E-state index contributed by atoms with van der Waals surface area (Å²) in [6, 6.07) is 16.5. The Labute approximate surface area is 140 Å². The minimum absolute atomic E-state index is 0.0937. The number of rotatable bonds is 4. The summed E-state index contributed by atoms with van der Waals surface area (Å²) in [6.07, 6.45) is -0.611. The molecule has 1 saturated heterocycles. The first-order chi connectivity index (χ1) is 11.6. The Balaban J connectivity index is 1.65. The van der Waals surface area contributed by atoms with Crippen molar-refractivity contribution in [2.24, 2.45) is 0 Å². The molecule has 24 heavy (non-hydrogen) atoms. The molecule has 0 saturated carbocycles. The zero-order chi connectivity index (χ0) is 16.7. The lowest BCUT2D eigenvalue weighted by molar-refractivity contribution is 0.117. The summed E-state index contributed by atoms with van der Waals surface area (Å²) in [5, 5.41) is 15.8. The van der Waals surface area contributed by atoms with Gasteiger partial charge in [0.25, 0.3) is 0 Å². The molecule has 2 heterocycles. The maximum Gasteiger partial charge on any atom is 0.317 e. The Hall–Kier alpha value is -2.53. The molecule has 4 rings (SSSR count). The molecule has 0 bridgehead atoms. The van der Waals surface area contributed by atoms with Crippen molar-refractivity contribution in [3.8, 4) is 0 Å². The summed E-state index contributed by atoms with van der Waals surface area (Å²) in [6.45, 7) is 3.42. The van der Waals surface area contributed by atoms with Gasteiger partial charge in [-0.15, -0.1) is 0 Å². The summed E-state index contributed by atoms with van der Waals surface area (Å²) in [4.78, 5) is 13.5. The van der Waals surface area contributed by atoms with Gasteiger partial charge in [0.15, 0.2) is 0 Å². The minimum Gasteiger partial charge on any atom is -0.389 e. The number of nitrogens with one attached hydrogen (secondary N) is 1. The van der Waals surface area contributed by atoms with Crippen LogP contribution in [0.1, 0.15) is 6.92 Å². The van der Waals surface area contributed by atoms with Gasteiger partial charge in [-0.25, -0.2) is 4.79 Å². The second-order valence-electron chi connectivity index (χ2n) is 6.55. The molecular formula is C19H21N3O2. The van der Waals surface area contributed by atoms with Crippen LogP contribution in [0.3, 0.4) is 0 Å². The fourth-order valence-electron chi connectivity index (χ4n) is 3.64. The van der Waals surface area contributed by atoms with Gasteiger partial charge in [0.2, 0.25) is 0 Å². The van der Waals surface area contributed by atoms with E-state index in [9.17, 15) is 9.90 Å². The van der Waals surface area contributed by atoms with Gasteiger partial charge < -0.3 is 19.9 Å². The number of benzene rings is 2. The van der Waals surface area contributed by atoms with Crippen molar-refractivity contribution in [3.05, 3.63) is 48.5 Å². The van der Waals surface area contributed by atoms with Crippen LogP contribution in [0.2, 0.25) is 0 Å². The van der Waals surface area contributed by atoms with E-state index in [0.29, 0.717) is 19.6 Å². The van der Waals surface area contributed by atoms with Gasteiger partial charge in [-0.2, -0.15) is 0 Å². The predicted molar refractivity (Wildman–Crippen MR) is 95.0 cm³/mol. The number of para-hydroxylation sites is 2. The molecule has 1 fully saturated rings. The second-order valence-corrected chi connectivity index (χ2v) is 6.55. The molecule has 0 spiro atoms. The molecule has 1 aliphatic heterocycles. The highest BCUT2D eigenvalue weighted by molar-refractivity contribution is 6.07. The lowest BCUT2D eigenvalue weighted by Crippen LogP contribution is -2.36. The molecule has 124 valence electrons. The molecule has 2 atom stereocenters. The van der Waals surface area contributed by atoms with Gasteiger partial charge in [0.05, 0.1) is 19.2 Å². The van der Waals surface area contributed by atoms with E-state index >= 15 is 0 Å². The smallest absolute Gasteiger partial charge is 0.317 e. The Morgan fingerprint density at radius 3 is 2.21 bits per heavy atom. The number of fused-ring (bicyclic) bond motifs is 3. The number of nitrogens with zero attached hydrogens (tertiary/aromatic N) is 2. The van der Waals surface area contributed by atoms with Crippen molar-refractivity contribution in [2.45, 2.75) is 25.6 Å². The maximum atomic E-state index is 11.8. The van der Waals surface area contributed by atoms with E-state index in [0.717, 1.165) is 11.0 Å². The van der Waals surface area contributed by atoms with Crippen LogP contribution in [-0.4, -0.2) is 45.8 Å². The number of aliphatic hydroxyl groups excluding tert-OH is 1. The van der Waals surface area contributed by atoms with Crippen LogP contribution in [0.4, 0.5) is 4.79 Å². The van der Waals surface area contributed by atoms with E-state index in [1.54, 1.807) is 4.90 Å². The van der Waals surface area contributed by atoms with Crippen LogP contribution in [-0.2, 0) is 6.54 Å². The number of urea groups is 1. The van der Waals surface area contributed by atoms with Crippen LogP contribution in [0.15, 0.2) is 48.5 Å². The maximum absolute atomic E-state index is 11.8. The number of hydrogen-bond donors (Lipinski definition) is 2. The van der Waals surface area contributed by atoms with Crippen molar-refractivity contribution in [1.29, 1.82) is 0 Å². The SMILES string of the molecule is C[C@H]1CN(CC(O)Cn2c3ccccc3c3ccccc32)C(=O)N1. The molecule has 0 aliphatic carbocycles. The van der Waals surface area contributed by atoms with E-state index in [2.05, 4.69) is 34.1 Å². The molecular weight excluding hydrogens is 302 g/mol. The van der Waals surface area contributed by atoms with Gasteiger partial charge in [-0.1, -0.05) is 36.4 Å². The van der Waals surface area contributed by atoms with Crippen LogP contribution in [0.5, 0.6) is 0 Å². The van der Waals surface area contributed by atoms with Gasteiger partial charge >= 0.3 is 6.03 Å². The monoisotopic (exact) mass is 323 g/mol. The highest BCUT2D eigenvalue weighted by Gasteiger charge is 2.27. The molecule has 3 aromatic rings. The number of aliphatic hydroxyl groups is 1. The highest BCUT2D eigenvalue weighted by Crippen LogP contribution is 2.28. The molecule has 2 N–H and O–H groups in total. The molecule has 2 aromatic carbocycles. The van der Waals surface area contributed by atoms with Crippen molar-refractivity contribution < 1.29 is 9.90 Å². The Morgan fingerprint density at radius 1 is 1.08 bits per heavy atom. The average Bonchev–Trinajstić information content (AvgIpc) is 3.06. The quantitative estimate of drug-likeness (QED) is 0.775. The highest BCUT2D eigenvalue weighted by atomic mass is 16.3. The van der Waals surface area contributed by atoms with Gasteiger partial charge in [-0.05, 0) is 19.1 Å². The molecule has 5 heteroatoms. The summed E-state index contributed by atoms with van der Waals surface area (Å²) >= 11 is 0. The summed E-state index contributed by atoms with van der Waals surface area (Å²) in [5.41, 5.74) is 2.22. The van der Waals surface area contributed by atoms with Crippen LogP contribution >= 0.6 is 0 Å². The van der Waals surface area contributed by atoms with Crippen LogP contribution < -0.4 is 5.32 Å².